The number of rotatable bonds is 4. The molecule has 0 aliphatic carbocycles. The van der Waals surface area contributed by atoms with E-state index in [-0.39, 0.29) is 26.0 Å². The van der Waals surface area contributed by atoms with Gasteiger partial charge in [0.25, 0.3) is 6.01 Å². The summed E-state index contributed by atoms with van der Waals surface area (Å²) in [6, 6.07) is 7.36. The summed E-state index contributed by atoms with van der Waals surface area (Å²) in [5.41, 5.74) is 2.33. The number of pyridine rings is 1. The Labute approximate surface area is 163 Å². The molecule has 3 N–H and O–H groups in total. The summed E-state index contributed by atoms with van der Waals surface area (Å²) in [6.45, 7) is 0.0597. The van der Waals surface area contributed by atoms with Gasteiger partial charge >= 0.3 is 0 Å². The molecule has 0 spiro atoms. The smallest absolute Gasteiger partial charge is 0.296 e. The van der Waals surface area contributed by atoms with E-state index in [1.54, 1.807) is 12.1 Å². The number of halogens is 1. The summed E-state index contributed by atoms with van der Waals surface area (Å²) in [5, 5.41) is 19.7. The molecule has 2 aromatic heterocycles. The molecule has 3 unspecified atom stereocenters. The second-order valence-electron chi connectivity index (χ2n) is 6.50. The number of benzene rings is 1. The van der Waals surface area contributed by atoms with E-state index in [1.165, 1.54) is 0 Å². The highest BCUT2D eigenvalue weighted by molar-refractivity contribution is 6.33. The van der Waals surface area contributed by atoms with Crippen LogP contribution in [0.2, 0.25) is 5.02 Å². The van der Waals surface area contributed by atoms with E-state index in [4.69, 9.17) is 35.7 Å². The molecule has 10 heteroatoms. The second kappa shape index (κ2) is 6.78. The SMILES string of the molecule is OCC1OCC(Oc2nc3nc(-c4ccc5c(c4)OCO5)c(Cl)cc3[nH]2)C1O. The number of nitrogens with zero attached hydrogens (tertiary/aromatic N) is 2. The fourth-order valence-corrected chi connectivity index (χ4v) is 3.52. The Hall–Kier alpha value is -2.59. The van der Waals surface area contributed by atoms with Gasteiger partial charge in [-0.25, -0.2) is 4.98 Å². The standard InChI is InChI=1S/C18H16ClN3O6/c19-9-4-10-17(21-15(9)8-1-2-11-12(3-8)27-7-26-11)22-18(20-10)28-14-6-25-13(5-23)16(14)24/h1-4,13-14,16,23-24H,5-7H2,(H,20,21,22). The van der Waals surface area contributed by atoms with Gasteiger partial charge in [-0.3, -0.25) is 0 Å². The van der Waals surface area contributed by atoms with Crippen LogP contribution in [0.25, 0.3) is 22.4 Å². The van der Waals surface area contributed by atoms with Crippen molar-refractivity contribution in [3.63, 3.8) is 0 Å². The average Bonchev–Trinajstić information content (AvgIpc) is 3.39. The Kier molecular flexibility index (Phi) is 4.24. The van der Waals surface area contributed by atoms with E-state index >= 15 is 0 Å². The molecule has 1 aromatic carbocycles. The molecule has 2 aliphatic rings. The number of ether oxygens (including phenoxy) is 4. The van der Waals surface area contributed by atoms with Crippen molar-refractivity contribution in [2.75, 3.05) is 20.0 Å². The lowest BCUT2D eigenvalue weighted by molar-refractivity contribution is -0.00390. The molecule has 0 bridgehead atoms. The number of hydrogen-bond acceptors (Lipinski definition) is 8. The molecule has 2 aliphatic heterocycles. The fourth-order valence-electron chi connectivity index (χ4n) is 3.26. The van der Waals surface area contributed by atoms with E-state index in [1.807, 2.05) is 12.1 Å². The van der Waals surface area contributed by atoms with Crippen LogP contribution >= 0.6 is 11.6 Å². The van der Waals surface area contributed by atoms with Crippen LogP contribution in [0.15, 0.2) is 24.3 Å². The highest BCUT2D eigenvalue weighted by Crippen LogP contribution is 2.38. The first kappa shape index (κ1) is 17.5. The molecular formula is C18H16ClN3O6. The molecular weight excluding hydrogens is 390 g/mol. The van der Waals surface area contributed by atoms with Crippen LogP contribution < -0.4 is 14.2 Å². The van der Waals surface area contributed by atoms with Crippen LogP contribution in [0.1, 0.15) is 0 Å². The molecule has 4 heterocycles. The molecule has 0 saturated carbocycles. The first-order valence-electron chi connectivity index (χ1n) is 8.66. The monoisotopic (exact) mass is 405 g/mol. The third kappa shape index (κ3) is 2.92. The highest BCUT2D eigenvalue weighted by Gasteiger charge is 2.37. The average molecular weight is 406 g/mol. The summed E-state index contributed by atoms with van der Waals surface area (Å²) in [4.78, 5) is 11.8. The zero-order valence-corrected chi connectivity index (χ0v) is 15.2. The van der Waals surface area contributed by atoms with E-state index in [2.05, 4.69) is 15.0 Å². The quantitative estimate of drug-likeness (QED) is 0.597. The molecule has 0 amide bonds. The first-order chi connectivity index (χ1) is 13.6. The normalized spacial score (nSPS) is 23.5. The minimum Gasteiger partial charge on any atom is -0.456 e. The molecule has 146 valence electrons. The van der Waals surface area contributed by atoms with Gasteiger partial charge < -0.3 is 34.1 Å². The van der Waals surface area contributed by atoms with Crippen LogP contribution in [-0.2, 0) is 4.74 Å². The number of aliphatic hydroxyl groups excluding tert-OH is 2. The lowest BCUT2D eigenvalue weighted by atomic mass is 10.1. The van der Waals surface area contributed by atoms with Crippen molar-refractivity contribution in [2.45, 2.75) is 18.3 Å². The van der Waals surface area contributed by atoms with Gasteiger partial charge in [-0.05, 0) is 24.3 Å². The van der Waals surface area contributed by atoms with Gasteiger partial charge in [-0.1, -0.05) is 11.6 Å². The van der Waals surface area contributed by atoms with Crippen molar-refractivity contribution in [1.29, 1.82) is 0 Å². The molecule has 0 radical (unpaired) electrons. The zero-order valence-electron chi connectivity index (χ0n) is 14.5. The van der Waals surface area contributed by atoms with Crippen LogP contribution in [0.4, 0.5) is 0 Å². The summed E-state index contributed by atoms with van der Waals surface area (Å²) in [7, 11) is 0. The van der Waals surface area contributed by atoms with Crippen molar-refractivity contribution < 1.29 is 29.2 Å². The van der Waals surface area contributed by atoms with E-state index < -0.39 is 18.3 Å². The molecule has 3 aromatic rings. The van der Waals surface area contributed by atoms with Gasteiger partial charge in [-0.15, -0.1) is 0 Å². The van der Waals surface area contributed by atoms with Crippen molar-refractivity contribution in [1.82, 2.24) is 15.0 Å². The Morgan fingerprint density at radius 2 is 2.07 bits per heavy atom. The van der Waals surface area contributed by atoms with E-state index in [9.17, 15) is 5.11 Å². The summed E-state index contributed by atoms with van der Waals surface area (Å²) >= 11 is 6.42. The minimum absolute atomic E-state index is 0.153. The maximum Gasteiger partial charge on any atom is 0.296 e. The Morgan fingerprint density at radius 1 is 1.21 bits per heavy atom. The van der Waals surface area contributed by atoms with E-state index in [0.717, 1.165) is 5.56 Å². The third-order valence-electron chi connectivity index (χ3n) is 4.73. The van der Waals surface area contributed by atoms with Crippen LogP contribution in [0, 0.1) is 0 Å². The van der Waals surface area contributed by atoms with Gasteiger partial charge in [-0.2, -0.15) is 4.98 Å². The lowest BCUT2D eigenvalue weighted by Crippen LogP contribution is -2.36. The van der Waals surface area contributed by atoms with Gasteiger partial charge in [0.05, 0.1) is 29.4 Å². The molecule has 1 saturated heterocycles. The lowest BCUT2D eigenvalue weighted by Gasteiger charge is -2.15. The Morgan fingerprint density at radius 3 is 2.89 bits per heavy atom. The number of aromatic nitrogens is 3. The van der Waals surface area contributed by atoms with Gasteiger partial charge in [0, 0.05) is 5.56 Å². The summed E-state index contributed by atoms with van der Waals surface area (Å²) < 4.78 is 21.7. The largest absolute Gasteiger partial charge is 0.456 e. The number of nitrogens with one attached hydrogen (secondary N) is 1. The zero-order chi connectivity index (χ0) is 19.3. The number of aliphatic hydroxyl groups is 2. The van der Waals surface area contributed by atoms with E-state index in [0.29, 0.717) is 33.4 Å². The summed E-state index contributed by atoms with van der Waals surface area (Å²) in [6.07, 6.45) is -2.25. The molecule has 9 nitrogen and oxygen atoms in total. The molecule has 3 atom stereocenters. The predicted octanol–water partition coefficient (Wildman–Crippen LogP) is 1.51. The highest BCUT2D eigenvalue weighted by atomic mass is 35.5. The molecule has 1 fully saturated rings. The molecule has 28 heavy (non-hydrogen) atoms. The Balaban J connectivity index is 1.45. The predicted molar refractivity (Wildman–Crippen MR) is 97.7 cm³/mol. The van der Waals surface area contributed by atoms with Gasteiger partial charge in [0.15, 0.2) is 23.3 Å². The minimum atomic E-state index is -0.945. The number of hydrogen-bond donors (Lipinski definition) is 3. The van der Waals surface area contributed by atoms with Crippen LogP contribution in [0.3, 0.4) is 0 Å². The Bertz CT molecular complexity index is 1040. The number of H-pyrrole nitrogens is 1. The van der Waals surface area contributed by atoms with Crippen molar-refractivity contribution in [3.8, 4) is 28.8 Å². The fraction of sp³-hybridized carbons (Fsp3) is 0.333. The number of imidazole rings is 1. The van der Waals surface area contributed by atoms with Crippen LogP contribution in [-0.4, -0.2) is 63.5 Å². The first-order valence-corrected chi connectivity index (χ1v) is 9.03. The second-order valence-corrected chi connectivity index (χ2v) is 6.91. The van der Waals surface area contributed by atoms with Gasteiger partial charge in [0.2, 0.25) is 6.79 Å². The topological polar surface area (TPSA) is 119 Å². The van der Waals surface area contributed by atoms with Gasteiger partial charge in [0.1, 0.15) is 12.2 Å². The molecule has 5 rings (SSSR count). The van der Waals surface area contributed by atoms with Crippen LogP contribution in [0.5, 0.6) is 17.5 Å². The van der Waals surface area contributed by atoms with Crippen molar-refractivity contribution in [3.05, 3.63) is 29.3 Å². The van der Waals surface area contributed by atoms with Crippen molar-refractivity contribution in [2.24, 2.45) is 0 Å². The number of fused-ring (bicyclic) bond motifs is 2. The maximum atomic E-state index is 10.1. The summed E-state index contributed by atoms with van der Waals surface area (Å²) in [5.74, 6) is 1.31. The maximum absolute atomic E-state index is 10.1. The van der Waals surface area contributed by atoms with Crippen molar-refractivity contribution >= 4 is 22.8 Å². The number of aromatic amines is 1. The third-order valence-corrected chi connectivity index (χ3v) is 5.02.